The third-order valence-corrected chi connectivity index (χ3v) is 4.56. The van der Waals surface area contributed by atoms with Gasteiger partial charge in [-0.15, -0.1) is 0 Å². The highest BCUT2D eigenvalue weighted by Crippen LogP contribution is 2.37. The zero-order chi connectivity index (χ0) is 11.8. The van der Waals surface area contributed by atoms with Gasteiger partial charge in [0.25, 0.3) is 0 Å². The molecule has 1 saturated heterocycles. The van der Waals surface area contributed by atoms with Gasteiger partial charge in [0, 0.05) is 30.7 Å². The number of nitrogens with two attached hydrogens (primary N) is 1. The third kappa shape index (κ3) is 2.35. The van der Waals surface area contributed by atoms with E-state index in [0.29, 0.717) is 6.04 Å². The maximum atomic E-state index is 6.15. The summed E-state index contributed by atoms with van der Waals surface area (Å²) in [6.07, 6.45) is 2.55. The van der Waals surface area contributed by atoms with Crippen molar-refractivity contribution in [3.8, 4) is 0 Å². The van der Waals surface area contributed by atoms with Crippen molar-refractivity contribution in [1.82, 2.24) is 4.90 Å². The van der Waals surface area contributed by atoms with E-state index in [1.54, 1.807) is 0 Å². The molecule has 2 fully saturated rings. The number of halogens is 1. The molecule has 3 heteroatoms. The van der Waals surface area contributed by atoms with E-state index in [9.17, 15) is 0 Å². The second-order valence-electron chi connectivity index (χ2n) is 5.49. The van der Waals surface area contributed by atoms with Gasteiger partial charge in [-0.3, -0.25) is 4.90 Å². The van der Waals surface area contributed by atoms with Crippen molar-refractivity contribution in [2.24, 2.45) is 17.6 Å². The lowest BCUT2D eigenvalue weighted by Gasteiger charge is -2.18. The summed E-state index contributed by atoms with van der Waals surface area (Å²) in [5.74, 6) is 1.58. The van der Waals surface area contributed by atoms with Crippen molar-refractivity contribution in [1.29, 1.82) is 0 Å². The fraction of sp³-hybridized carbons (Fsp3) is 0.571. The maximum Gasteiger partial charge on any atom is 0.0406 e. The van der Waals surface area contributed by atoms with Crippen molar-refractivity contribution < 1.29 is 0 Å². The molecule has 0 aromatic heterocycles. The Morgan fingerprint density at radius 1 is 1.18 bits per heavy atom. The van der Waals surface area contributed by atoms with E-state index in [-0.39, 0.29) is 0 Å². The van der Waals surface area contributed by atoms with Crippen LogP contribution in [0.3, 0.4) is 0 Å². The first-order valence-electron chi connectivity index (χ1n) is 6.45. The lowest BCUT2D eigenvalue weighted by molar-refractivity contribution is 0.298. The van der Waals surface area contributed by atoms with Gasteiger partial charge in [0.2, 0.25) is 0 Å². The molecule has 0 bridgehead atoms. The summed E-state index contributed by atoms with van der Waals surface area (Å²) in [7, 11) is 0. The fourth-order valence-electron chi connectivity index (χ4n) is 3.38. The zero-order valence-corrected chi connectivity index (χ0v) is 10.7. The summed E-state index contributed by atoms with van der Waals surface area (Å²) in [4.78, 5) is 2.54. The van der Waals surface area contributed by atoms with Crippen LogP contribution in [-0.2, 0) is 6.54 Å². The molecule has 3 rings (SSSR count). The Hall–Kier alpha value is -0.570. The molecular formula is C14H19ClN2. The lowest BCUT2D eigenvalue weighted by atomic mass is 9.98. The average Bonchev–Trinajstić information content (AvgIpc) is 2.85. The van der Waals surface area contributed by atoms with Crippen LogP contribution in [0, 0.1) is 11.8 Å². The lowest BCUT2D eigenvalue weighted by Crippen LogP contribution is -2.30. The molecule has 1 aromatic rings. The Morgan fingerprint density at radius 2 is 1.94 bits per heavy atom. The van der Waals surface area contributed by atoms with Crippen molar-refractivity contribution in [3.05, 3.63) is 34.9 Å². The van der Waals surface area contributed by atoms with Gasteiger partial charge in [-0.2, -0.15) is 0 Å². The molecule has 2 N–H and O–H groups in total. The van der Waals surface area contributed by atoms with Crippen LogP contribution in [0.15, 0.2) is 24.3 Å². The Morgan fingerprint density at radius 3 is 2.65 bits per heavy atom. The van der Waals surface area contributed by atoms with E-state index < -0.39 is 0 Å². The number of nitrogens with zero attached hydrogens (tertiary/aromatic N) is 1. The number of rotatable bonds is 2. The van der Waals surface area contributed by atoms with Crippen molar-refractivity contribution in [2.45, 2.75) is 25.4 Å². The molecule has 1 aliphatic carbocycles. The highest BCUT2D eigenvalue weighted by molar-refractivity contribution is 6.30. The fourth-order valence-corrected chi connectivity index (χ4v) is 3.50. The van der Waals surface area contributed by atoms with E-state index >= 15 is 0 Å². The van der Waals surface area contributed by atoms with E-state index in [1.807, 2.05) is 12.1 Å². The molecule has 1 heterocycles. The van der Waals surface area contributed by atoms with Gasteiger partial charge in [-0.25, -0.2) is 0 Å². The predicted molar refractivity (Wildman–Crippen MR) is 70.9 cm³/mol. The van der Waals surface area contributed by atoms with Crippen LogP contribution in [0.4, 0.5) is 0 Å². The van der Waals surface area contributed by atoms with Gasteiger partial charge < -0.3 is 5.73 Å². The Labute approximate surface area is 108 Å². The summed E-state index contributed by atoms with van der Waals surface area (Å²) in [6.45, 7) is 3.44. The molecule has 1 aromatic carbocycles. The van der Waals surface area contributed by atoms with Gasteiger partial charge >= 0.3 is 0 Å². The smallest absolute Gasteiger partial charge is 0.0406 e. The van der Waals surface area contributed by atoms with E-state index in [4.69, 9.17) is 17.3 Å². The molecule has 92 valence electrons. The summed E-state index contributed by atoms with van der Waals surface area (Å²) in [6, 6.07) is 8.63. The number of benzene rings is 1. The minimum atomic E-state index is 0.440. The van der Waals surface area contributed by atoms with Gasteiger partial charge in [0.1, 0.15) is 0 Å². The SMILES string of the molecule is NC1CCC2CN(Cc3ccc(Cl)cc3)CC12. The zero-order valence-electron chi connectivity index (χ0n) is 9.98. The Bertz CT molecular complexity index is 390. The van der Waals surface area contributed by atoms with E-state index in [2.05, 4.69) is 17.0 Å². The molecule has 17 heavy (non-hydrogen) atoms. The van der Waals surface area contributed by atoms with Crippen LogP contribution >= 0.6 is 11.6 Å². The Balaban J connectivity index is 1.62. The van der Waals surface area contributed by atoms with Gasteiger partial charge in [-0.1, -0.05) is 23.7 Å². The van der Waals surface area contributed by atoms with Crippen LogP contribution in [0.2, 0.25) is 5.02 Å². The minimum absolute atomic E-state index is 0.440. The monoisotopic (exact) mass is 250 g/mol. The predicted octanol–water partition coefficient (Wildman–Crippen LogP) is 2.51. The molecule has 2 aliphatic rings. The first-order valence-corrected chi connectivity index (χ1v) is 6.82. The summed E-state index contributed by atoms with van der Waals surface area (Å²) in [5, 5.41) is 0.814. The van der Waals surface area contributed by atoms with E-state index in [0.717, 1.165) is 23.4 Å². The van der Waals surface area contributed by atoms with Gasteiger partial charge in [0.05, 0.1) is 0 Å². The highest BCUT2D eigenvalue weighted by Gasteiger charge is 2.40. The van der Waals surface area contributed by atoms with Gasteiger partial charge in [0.15, 0.2) is 0 Å². The third-order valence-electron chi connectivity index (χ3n) is 4.31. The van der Waals surface area contributed by atoms with Crippen molar-refractivity contribution in [3.63, 3.8) is 0 Å². The molecule has 3 atom stereocenters. The van der Waals surface area contributed by atoms with Crippen LogP contribution < -0.4 is 5.73 Å². The number of fused-ring (bicyclic) bond motifs is 1. The van der Waals surface area contributed by atoms with Crippen LogP contribution in [0.25, 0.3) is 0 Å². The molecule has 0 amide bonds. The van der Waals surface area contributed by atoms with Gasteiger partial charge in [-0.05, 0) is 42.4 Å². The summed E-state index contributed by atoms with van der Waals surface area (Å²) >= 11 is 5.90. The largest absolute Gasteiger partial charge is 0.327 e. The van der Waals surface area contributed by atoms with Crippen LogP contribution in [-0.4, -0.2) is 24.0 Å². The van der Waals surface area contributed by atoms with Crippen molar-refractivity contribution >= 4 is 11.6 Å². The second-order valence-corrected chi connectivity index (χ2v) is 5.92. The first-order chi connectivity index (χ1) is 8.22. The first kappa shape index (κ1) is 11.5. The standard InChI is InChI=1S/C14H19ClN2/c15-12-4-1-10(2-5-12)7-17-8-11-3-6-14(16)13(11)9-17/h1-2,4-5,11,13-14H,3,6-9,16H2. The van der Waals surface area contributed by atoms with E-state index in [1.165, 1.54) is 31.5 Å². The van der Waals surface area contributed by atoms with Crippen LogP contribution in [0.5, 0.6) is 0 Å². The van der Waals surface area contributed by atoms with Crippen LogP contribution in [0.1, 0.15) is 18.4 Å². The Kier molecular flexibility index (Phi) is 3.12. The second kappa shape index (κ2) is 4.60. The molecule has 0 spiro atoms. The summed E-state index contributed by atoms with van der Waals surface area (Å²) in [5.41, 5.74) is 7.50. The maximum absolute atomic E-state index is 6.15. The topological polar surface area (TPSA) is 29.3 Å². The number of likely N-dealkylation sites (tertiary alicyclic amines) is 1. The molecule has 0 radical (unpaired) electrons. The minimum Gasteiger partial charge on any atom is -0.327 e. The number of hydrogen-bond acceptors (Lipinski definition) is 2. The average molecular weight is 251 g/mol. The quantitative estimate of drug-likeness (QED) is 0.874. The van der Waals surface area contributed by atoms with Crippen molar-refractivity contribution in [2.75, 3.05) is 13.1 Å². The molecule has 1 aliphatic heterocycles. The molecule has 3 unspecified atom stereocenters. The molecule has 1 saturated carbocycles. The normalized spacial score (nSPS) is 32.9. The molecule has 2 nitrogen and oxygen atoms in total. The number of hydrogen-bond donors (Lipinski definition) is 1. The highest BCUT2D eigenvalue weighted by atomic mass is 35.5. The summed E-state index contributed by atoms with van der Waals surface area (Å²) < 4.78 is 0. The molecular weight excluding hydrogens is 232 g/mol.